The first-order valence-corrected chi connectivity index (χ1v) is 8.01. The average Bonchev–Trinajstić information content (AvgIpc) is 2.89. The van der Waals surface area contributed by atoms with E-state index in [4.69, 9.17) is 4.74 Å². The van der Waals surface area contributed by atoms with Crippen LogP contribution in [0.3, 0.4) is 0 Å². The normalized spacial score (nSPS) is 23.2. The lowest BCUT2D eigenvalue weighted by molar-refractivity contribution is -0.143. The third kappa shape index (κ3) is 4.95. The van der Waals surface area contributed by atoms with Crippen molar-refractivity contribution < 1.29 is 22.7 Å². The number of amides is 1. The van der Waals surface area contributed by atoms with Crippen molar-refractivity contribution >= 4 is 5.91 Å². The summed E-state index contributed by atoms with van der Waals surface area (Å²) in [5.74, 6) is -0.452. The van der Waals surface area contributed by atoms with E-state index in [1.54, 1.807) is 0 Å². The number of carbonyl (C=O) groups is 1. The van der Waals surface area contributed by atoms with E-state index < -0.39 is 18.8 Å². The number of alkyl halides is 3. The number of nitrogens with one attached hydrogen (secondary N) is 1. The maximum Gasteiger partial charge on any atom is 0.401 e. The molecule has 24 heavy (non-hydrogen) atoms. The van der Waals surface area contributed by atoms with Gasteiger partial charge in [-0.2, -0.15) is 13.2 Å². The van der Waals surface area contributed by atoms with E-state index in [1.807, 2.05) is 37.3 Å². The Hall–Kier alpha value is -1.60. The third-order valence-electron chi connectivity index (χ3n) is 4.30. The zero-order valence-electron chi connectivity index (χ0n) is 13.8. The summed E-state index contributed by atoms with van der Waals surface area (Å²) >= 11 is 0. The molecule has 1 heterocycles. The van der Waals surface area contributed by atoms with Gasteiger partial charge in [0.2, 0.25) is 5.91 Å². The van der Waals surface area contributed by atoms with Gasteiger partial charge in [-0.1, -0.05) is 37.3 Å². The lowest BCUT2D eigenvalue weighted by atomic mass is 9.94. The highest BCUT2D eigenvalue weighted by Crippen LogP contribution is 2.30. The van der Waals surface area contributed by atoms with Crippen LogP contribution in [0.15, 0.2) is 30.3 Å². The molecule has 0 radical (unpaired) electrons. The van der Waals surface area contributed by atoms with Crippen LogP contribution in [0.4, 0.5) is 13.2 Å². The minimum absolute atomic E-state index is 0.172. The lowest BCUT2D eigenvalue weighted by Gasteiger charge is -2.22. The van der Waals surface area contributed by atoms with Crippen molar-refractivity contribution in [3.63, 3.8) is 0 Å². The Bertz CT molecular complexity index is 532. The van der Waals surface area contributed by atoms with Gasteiger partial charge >= 0.3 is 6.18 Å². The number of nitrogens with zero attached hydrogens (tertiary/aromatic N) is 1. The van der Waals surface area contributed by atoms with Gasteiger partial charge in [-0.3, -0.25) is 9.69 Å². The summed E-state index contributed by atoms with van der Waals surface area (Å²) in [5, 5.41) is 2.87. The minimum atomic E-state index is -4.25. The van der Waals surface area contributed by atoms with Crippen molar-refractivity contribution in [2.24, 2.45) is 0 Å². The Morgan fingerprint density at radius 2 is 2.00 bits per heavy atom. The topological polar surface area (TPSA) is 41.6 Å². The molecule has 1 N–H and O–H groups in total. The minimum Gasteiger partial charge on any atom is -0.372 e. The Kier molecular flexibility index (Phi) is 6.23. The zero-order valence-corrected chi connectivity index (χ0v) is 13.8. The maximum atomic E-state index is 12.7. The van der Waals surface area contributed by atoms with E-state index in [9.17, 15) is 18.0 Å². The van der Waals surface area contributed by atoms with E-state index in [0.29, 0.717) is 6.42 Å². The molecule has 1 amide bonds. The molecule has 134 valence electrons. The van der Waals surface area contributed by atoms with Crippen LogP contribution in [0.5, 0.6) is 0 Å². The first-order valence-electron chi connectivity index (χ1n) is 8.01. The molecule has 0 aliphatic carbocycles. The van der Waals surface area contributed by atoms with E-state index >= 15 is 0 Å². The van der Waals surface area contributed by atoms with E-state index in [-0.39, 0.29) is 31.0 Å². The van der Waals surface area contributed by atoms with Gasteiger partial charge in [0, 0.05) is 32.2 Å². The molecule has 7 heteroatoms. The van der Waals surface area contributed by atoms with E-state index in [2.05, 4.69) is 5.32 Å². The summed E-state index contributed by atoms with van der Waals surface area (Å²) < 4.78 is 43.3. The van der Waals surface area contributed by atoms with Crippen LogP contribution in [0, 0.1) is 0 Å². The first-order chi connectivity index (χ1) is 11.3. The molecule has 1 aromatic carbocycles. The van der Waals surface area contributed by atoms with Crippen molar-refractivity contribution in [2.75, 3.05) is 26.7 Å². The van der Waals surface area contributed by atoms with Crippen LogP contribution < -0.4 is 5.32 Å². The van der Waals surface area contributed by atoms with Gasteiger partial charge in [-0.05, 0) is 12.0 Å². The molecule has 2 rings (SSSR count). The summed E-state index contributed by atoms with van der Waals surface area (Å²) in [7, 11) is 1.45. The van der Waals surface area contributed by atoms with Gasteiger partial charge in [0.1, 0.15) is 6.10 Å². The summed E-state index contributed by atoms with van der Waals surface area (Å²) in [6.07, 6.45) is -4.33. The fourth-order valence-electron chi connectivity index (χ4n) is 3.19. The molecule has 0 saturated carbocycles. The quantitative estimate of drug-likeness (QED) is 0.862. The molecule has 0 spiro atoms. The summed E-state index contributed by atoms with van der Waals surface area (Å²) in [6.45, 7) is 1.29. The van der Waals surface area contributed by atoms with Gasteiger partial charge in [0.25, 0.3) is 0 Å². The van der Waals surface area contributed by atoms with Crippen LogP contribution in [-0.4, -0.2) is 55.9 Å². The van der Waals surface area contributed by atoms with Crippen molar-refractivity contribution in [3.8, 4) is 0 Å². The van der Waals surface area contributed by atoms with Crippen LogP contribution in [0.2, 0.25) is 0 Å². The Balaban J connectivity index is 2.13. The summed E-state index contributed by atoms with van der Waals surface area (Å²) in [5.41, 5.74) is 0.929. The number of ether oxygens (including phenoxy) is 1. The molecule has 1 aromatic rings. The Morgan fingerprint density at radius 1 is 1.33 bits per heavy atom. The molecule has 0 aromatic heterocycles. The predicted octanol–water partition coefficient (Wildman–Crippen LogP) is 2.56. The highest BCUT2D eigenvalue weighted by molar-refractivity contribution is 5.81. The molecule has 1 fully saturated rings. The number of hydrogen-bond donors (Lipinski definition) is 1. The zero-order chi connectivity index (χ0) is 17.7. The highest BCUT2D eigenvalue weighted by Gasteiger charge is 2.40. The molecule has 3 atom stereocenters. The van der Waals surface area contributed by atoms with Gasteiger partial charge in [-0.25, -0.2) is 0 Å². The number of rotatable bonds is 6. The molecule has 4 nitrogen and oxygen atoms in total. The molecular weight excluding hydrogens is 321 g/mol. The van der Waals surface area contributed by atoms with Gasteiger partial charge in [-0.15, -0.1) is 0 Å². The monoisotopic (exact) mass is 344 g/mol. The smallest absolute Gasteiger partial charge is 0.372 e. The number of benzene rings is 1. The van der Waals surface area contributed by atoms with Gasteiger partial charge in [0.15, 0.2) is 0 Å². The highest BCUT2D eigenvalue weighted by atomic mass is 19.4. The number of hydrogen-bond acceptors (Lipinski definition) is 3. The fraction of sp³-hybridized carbons (Fsp3) is 0.588. The molecule has 1 aliphatic heterocycles. The Labute approximate surface area is 140 Å². The van der Waals surface area contributed by atoms with E-state index in [0.717, 1.165) is 5.56 Å². The standard InChI is InChI=1S/C17H23F3N2O2/c1-3-15(24-2)16(23)21-14-10-22(11-17(18,19)20)9-13(14)12-7-5-4-6-8-12/h4-8,13-15H,3,9-11H2,1-2H3,(H,21,23)/t13-,14+,15+/m0/s1. The molecule has 1 saturated heterocycles. The van der Waals surface area contributed by atoms with Crippen molar-refractivity contribution in [1.29, 1.82) is 0 Å². The second kappa shape index (κ2) is 7.98. The molecule has 0 unspecified atom stereocenters. The molecule has 0 bridgehead atoms. The van der Waals surface area contributed by atoms with Gasteiger partial charge in [0.05, 0.1) is 6.54 Å². The molecule has 1 aliphatic rings. The fourth-order valence-corrected chi connectivity index (χ4v) is 3.19. The SMILES string of the molecule is CC[C@@H](OC)C(=O)N[C@@H]1CN(CC(F)(F)F)C[C@H]1c1ccccc1. The largest absolute Gasteiger partial charge is 0.401 e. The third-order valence-corrected chi connectivity index (χ3v) is 4.30. The number of carbonyl (C=O) groups excluding carboxylic acids is 1. The predicted molar refractivity (Wildman–Crippen MR) is 84.7 cm³/mol. The number of methoxy groups -OCH3 is 1. The van der Waals surface area contributed by atoms with Crippen LogP contribution in [-0.2, 0) is 9.53 Å². The van der Waals surface area contributed by atoms with Crippen molar-refractivity contribution in [1.82, 2.24) is 10.2 Å². The van der Waals surface area contributed by atoms with Crippen molar-refractivity contribution in [2.45, 2.75) is 37.6 Å². The van der Waals surface area contributed by atoms with Crippen LogP contribution >= 0.6 is 0 Å². The van der Waals surface area contributed by atoms with E-state index in [1.165, 1.54) is 12.0 Å². The summed E-state index contributed by atoms with van der Waals surface area (Å²) in [6, 6.07) is 8.96. The van der Waals surface area contributed by atoms with Crippen LogP contribution in [0.25, 0.3) is 0 Å². The number of halogens is 3. The average molecular weight is 344 g/mol. The summed E-state index contributed by atoms with van der Waals surface area (Å²) in [4.78, 5) is 13.6. The number of likely N-dealkylation sites (tertiary alicyclic amines) is 1. The first kappa shape index (κ1) is 18.7. The second-order valence-electron chi connectivity index (χ2n) is 6.07. The maximum absolute atomic E-state index is 12.7. The van der Waals surface area contributed by atoms with Gasteiger partial charge < -0.3 is 10.1 Å². The second-order valence-corrected chi connectivity index (χ2v) is 6.07. The van der Waals surface area contributed by atoms with Crippen molar-refractivity contribution in [3.05, 3.63) is 35.9 Å². The van der Waals surface area contributed by atoms with Crippen LogP contribution in [0.1, 0.15) is 24.8 Å². The molecular formula is C17H23F3N2O2. The lowest BCUT2D eigenvalue weighted by Crippen LogP contribution is -2.45. The Morgan fingerprint density at radius 3 is 2.54 bits per heavy atom.